The molecule has 3 heterocycles. The van der Waals surface area contributed by atoms with E-state index in [0.29, 0.717) is 35.4 Å². The number of anilines is 1. The van der Waals surface area contributed by atoms with Gasteiger partial charge in [0.2, 0.25) is 5.88 Å². The normalized spacial score (nSPS) is 11.6. The van der Waals surface area contributed by atoms with E-state index in [1.54, 1.807) is 14.2 Å². The van der Waals surface area contributed by atoms with Gasteiger partial charge in [-0.3, -0.25) is 0 Å². The summed E-state index contributed by atoms with van der Waals surface area (Å²) in [5.74, 6) is 3.75. The Morgan fingerprint density at radius 2 is 1.74 bits per heavy atom. The maximum atomic E-state index is 7.00. The van der Waals surface area contributed by atoms with Crippen molar-refractivity contribution < 1.29 is 19.3 Å². The highest BCUT2D eigenvalue weighted by molar-refractivity contribution is 5.69. The molecule has 0 saturated carbocycles. The molecule has 4 aromatic rings. The maximum absolute atomic E-state index is 7.00. The summed E-state index contributed by atoms with van der Waals surface area (Å²) < 4.78 is 19.2. The Bertz CT molecular complexity index is 1330. The number of imidazole rings is 1. The lowest BCUT2D eigenvalue weighted by atomic mass is 10.1. The third kappa shape index (κ3) is 4.35. The summed E-state index contributed by atoms with van der Waals surface area (Å²) >= 11 is 0. The van der Waals surface area contributed by atoms with Crippen LogP contribution >= 0.6 is 0 Å². The van der Waals surface area contributed by atoms with Crippen molar-refractivity contribution in [2.75, 3.05) is 39.3 Å². The first-order valence-corrected chi connectivity index (χ1v) is 11.5. The minimum Gasteiger partial charge on any atom is -0.493 e. The second-order valence-corrected chi connectivity index (χ2v) is 7.92. The number of fused-ring (bicyclic) bond motifs is 2. The molecule has 2 aromatic heterocycles. The first kappa shape index (κ1) is 24.3. The van der Waals surface area contributed by atoms with Crippen molar-refractivity contribution in [3.63, 3.8) is 0 Å². The maximum Gasteiger partial charge on any atom is 0.249 e. The molecule has 0 amide bonds. The number of rotatable bonds is 6. The van der Waals surface area contributed by atoms with Crippen molar-refractivity contribution in [1.82, 2.24) is 19.6 Å². The van der Waals surface area contributed by atoms with Gasteiger partial charge < -0.3 is 24.2 Å². The second-order valence-electron chi connectivity index (χ2n) is 7.92. The number of benzene rings is 2. The first-order chi connectivity index (χ1) is 17.1. The van der Waals surface area contributed by atoms with E-state index >= 15 is 0 Å². The largest absolute Gasteiger partial charge is 0.493 e. The van der Waals surface area contributed by atoms with E-state index in [0.717, 1.165) is 48.4 Å². The van der Waals surface area contributed by atoms with Crippen LogP contribution in [0.4, 0.5) is 5.69 Å². The smallest absolute Gasteiger partial charge is 0.249 e. The number of hydrogen-bond acceptors (Lipinski definition) is 8. The zero-order valence-corrected chi connectivity index (χ0v) is 21.0. The van der Waals surface area contributed by atoms with Crippen LogP contribution in [-0.2, 0) is 6.42 Å². The lowest BCUT2D eigenvalue weighted by Crippen LogP contribution is -2.21. The van der Waals surface area contributed by atoms with Crippen LogP contribution in [0.25, 0.3) is 16.9 Å². The Kier molecular flexibility index (Phi) is 7.07. The third-order valence-corrected chi connectivity index (χ3v) is 6.05. The molecule has 0 aliphatic carbocycles. The number of aryl methyl sites for hydroxylation is 1. The van der Waals surface area contributed by atoms with E-state index in [2.05, 4.69) is 30.9 Å². The van der Waals surface area contributed by atoms with Crippen molar-refractivity contribution in [3.8, 4) is 34.5 Å². The number of ether oxygens (including phenoxy) is 3. The number of aromatic nitrogens is 4. The van der Waals surface area contributed by atoms with Crippen LogP contribution in [0.2, 0.25) is 0 Å². The Morgan fingerprint density at radius 3 is 2.37 bits per heavy atom. The molecule has 2 bridgehead atoms. The first-order valence-electron chi connectivity index (χ1n) is 11.5. The highest BCUT2D eigenvalue weighted by Gasteiger charge is 2.25. The highest BCUT2D eigenvalue weighted by Crippen LogP contribution is 2.41. The molecule has 1 N–H and O–H groups in total. The number of aliphatic hydroxyl groups is 1. The fourth-order valence-electron chi connectivity index (χ4n) is 4.41. The van der Waals surface area contributed by atoms with Gasteiger partial charge in [-0.15, -0.1) is 5.10 Å². The van der Waals surface area contributed by atoms with E-state index in [9.17, 15) is 0 Å². The van der Waals surface area contributed by atoms with Crippen molar-refractivity contribution in [3.05, 3.63) is 53.5 Å². The Morgan fingerprint density at radius 1 is 1.03 bits per heavy atom. The molecule has 9 heteroatoms. The molecule has 0 atom stereocenters. The topological polar surface area (TPSA) is 94.2 Å². The standard InChI is InChI=1S/C25H27N5O3.CH4O/c1-6-29(7-2)18-10-8-16(9-11-18)24-27-25-22-20(26-15(3)30(22)28-24)13-17-12-19(33-25)14-21(31-4)23(17)32-5;1-2/h8-12,14H,6-7,13H2,1-5H3;2H,1H3. The van der Waals surface area contributed by atoms with Crippen molar-refractivity contribution in [2.24, 2.45) is 0 Å². The van der Waals surface area contributed by atoms with Gasteiger partial charge in [0, 0.05) is 49.5 Å². The summed E-state index contributed by atoms with van der Waals surface area (Å²) in [6.07, 6.45) is 0.558. The summed E-state index contributed by atoms with van der Waals surface area (Å²) in [7, 11) is 4.25. The summed E-state index contributed by atoms with van der Waals surface area (Å²) in [4.78, 5) is 11.9. The lowest BCUT2D eigenvalue weighted by molar-refractivity contribution is 0.348. The van der Waals surface area contributed by atoms with Gasteiger partial charge in [-0.25, -0.2) is 9.50 Å². The highest BCUT2D eigenvalue weighted by atomic mass is 16.5. The van der Waals surface area contributed by atoms with Crippen molar-refractivity contribution in [1.29, 1.82) is 0 Å². The number of hydrogen-bond donors (Lipinski definition) is 1. The Labute approximate surface area is 204 Å². The van der Waals surface area contributed by atoms with Crippen LogP contribution in [0, 0.1) is 6.92 Å². The van der Waals surface area contributed by atoms with Gasteiger partial charge in [0.05, 0.1) is 19.9 Å². The summed E-state index contributed by atoms with van der Waals surface area (Å²) in [6, 6.07) is 12.1. The Hall–Kier alpha value is -3.85. The molecular weight excluding hydrogens is 446 g/mol. The minimum atomic E-state index is 0.473. The summed E-state index contributed by atoms with van der Waals surface area (Å²) in [5, 5.41) is 11.8. The number of nitrogens with zero attached hydrogens (tertiary/aromatic N) is 5. The van der Waals surface area contributed by atoms with E-state index in [4.69, 9.17) is 34.4 Å². The van der Waals surface area contributed by atoms with Crippen molar-refractivity contribution in [2.45, 2.75) is 27.2 Å². The van der Waals surface area contributed by atoms with Gasteiger partial charge in [0.1, 0.15) is 11.6 Å². The van der Waals surface area contributed by atoms with Crippen LogP contribution in [0.15, 0.2) is 36.4 Å². The van der Waals surface area contributed by atoms with Gasteiger partial charge in [-0.05, 0) is 51.1 Å². The molecule has 184 valence electrons. The van der Waals surface area contributed by atoms with Gasteiger partial charge in [0.15, 0.2) is 22.8 Å². The van der Waals surface area contributed by atoms with E-state index in [-0.39, 0.29) is 0 Å². The van der Waals surface area contributed by atoms with Gasteiger partial charge >= 0.3 is 0 Å². The van der Waals surface area contributed by atoms with Gasteiger partial charge in [-0.1, -0.05) is 0 Å². The quantitative estimate of drug-likeness (QED) is 0.388. The monoisotopic (exact) mass is 477 g/mol. The van der Waals surface area contributed by atoms with E-state index in [1.165, 1.54) is 5.69 Å². The SMILES string of the molecule is CCN(CC)c1ccc(-c2nc3c4c(nc(C)n4n2)Cc2cc(cc(OC)c2OC)O3)cc1.CO. The van der Waals surface area contributed by atoms with E-state index < -0.39 is 0 Å². The van der Waals surface area contributed by atoms with Gasteiger partial charge in [0.25, 0.3) is 0 Å². The minimum absolute atomic E-state index is 0.473. The molecule has 0 fully saturated rings. The molecule has 9 nitrogen and oxygen atoms in total. The zero-order valence-electron chi connectivity index (χ0n) is 21.0. The van der Waals surface area contributed by atoms with Crippen LogP contribution < -0.4 is 19.1 Å². The number of methoxy groups -OCH3 is 2. The van der Waals surface area contributed by atoms with E-state index in [1.807, 2.05) is 35.7 Å². The Balaban J connectivity index is 0.00000141. The lowest BCUT2D eigenvalue weighted by Gasteiger charge is -2.21. The molecule has 1 aliphatic heterocycles. The zero-order chi connectivity index (χ0) is 25.1. The van der Waals surface area contributed by atoms with Crippen LogP contribution in [-0.4, -0.2) is 59.1 Å². The second kappa shape index (κ2) is 10.2. The molecule has 0 saturated heterocycles. The summed E-state index contributed by atoms with van der Waals surface area (Å²) in [5.41, 5.74) is 4.63. The van der Waals surface area contributed by atoms with Crippen molar-refractivity contribution >= 4 is 11.2 Å². The molecule has 0 radical (unpaired) electrons. The molecule has 0 unspecified atom stereocenters. The molecule has 5 rings (SSSR count). The average molecular weight is 478 g/mol. The van der Waals surface area contributed by atoms with Crippen LogP contribution in [0.5, 0.6) is 23.1 Å². The number of aliphatic hydroxyl groups excluding tert-OH is 1. The molecule has 0 spiro atoms. The molecule has 35 heavy (non-hydrogen) atoms. The predicted molar refractivity (Wildman–Crippen MR) is 135 cm³/mol. The fourth-order valence-corrected chi connectivity index (χ4v) is 4.41. The summed E-state index contributed by atoms with van der Waals surface area (Å²) in [6.45, 7) is 8.16. The molecule has 2 aromatic carbocycles. The van der Waals surface area contributed by atoms with Crippen LogP contribution in [0.3, 0.4) is 0 Å². The molecular formula is C26H31N5O4. The predicted octanol–water partition coefficient (Wildman–Crippen LogP) is 4.27. The van der Waals surface area contributed by atoms with Crippen LogP contribution in [0.1, 0.15) is 30.9 Å². The molecule has 1 aliphatic rings. The fraction of sp³-hybridized carbons (Fsp3) is 0.346. The average Bonchev–Trinajstić information content (AvgIpc) is 3.20. The third-order valence-electron chi connectivity index (χ3n) is 6.05. The van der Waals surface area contributed by atoms with Gasteiger partial charge in [-0.2, -0.15) is 4.98 Å².